The Hall–Kier alpha value is -3.22. The Bertz CT molecular complexity index is 1180. The fourth-order valence-electron chi connectivity index (χ4n) is 4.06. The number of carbonyl (C=O) groups is 2. The molecule has 3 aromatic carbocycles. The molecule has 2 N–H and O–H groups in total. The molecule has 1 saturated heterocycles. The molecule has 174 valence electrons. The van der Waals surface area contributed by atoms with E-state index in [4.69, 9.17) is 0 Å². The lowest BCUT2D eigenvalue weighted by Crippen LogP contribution is -2.47. The number of nitrogens with zero attached hydrogens (tertiary/aromatic N) is 1. The maximum absolute atomic E-state index is 13.5. The van der Waals surface area contributed by atoms with Crippen molar-refractivity contribution in [3.63, 3.8) is 0 Å². The summed E-state index contributed by atoms with van der Waals surface area (Å²) in [6, 6.07) is 24.2. The average Bonchev–Trinajstić information content (AvgIpc) is 2.86. The van der Waals surface area contributed by atoms with E-state index >= 15 is 0 Å². The minimum absolute atomic E-state index is 0.215. The van der Waals surface area contributed by atoms with Crippen LogP contribution in [-0.2, 0) is 10.4 Å². The van der Waals surface area contributed by atoms with Crippen molar-refractivity contribution >= 4 is 33.8 Å². The van der Waals surface area contributed by atoms with Crippen molar-refractivity contribution < 1.29 is 14.7 Å². The molecule has 1 aliphatic heterocycles. The molecular formula is C28H27BrN2O3. The molecule has 2 amide bonds. The van der Waals surface area contributed by atoms with E-state index in [-0.39, 0.29) is 17.5 Å². The number of carbonyl (C=O) groups excluding carboxylic acids is 2. The molecule has 34 heavy (non-hydrogen) atoms. The molecule has 4 rings (SSSR count). The van der Waals surface area contributed by atoms with Crippen LogP contribution in [0.5, 0.6) is 0 Å². The summed E-state index contributed by atoms with van der Waals surface area (Å²) >= 11 is 3.42. The van der Waals surface area contributed by atoms with Crippen LogP contribution < -0.4 is 5.32 Å². The largest absolute Gasteiger partial charge is 0.385 e. The van der Waals surface area contributed by atoms with E-state index in [1.165, 1.54) is 0 Å². The fraction of sp³-hybridized carbons (Fsp3) is 0.214. The molecule has 5 nitrogen and oxygen atoms in total. The van der Waals surface area contributed by atoms with Crippen molar-refractivity contribution in [2.75, 3.05) is 13.1 Å². The molecule has 3 aromatic rings. The van der Waals surface area contributed by atoms with E-state index in [9.17, 15) is 14.7 Å². The first kappa shape index (κ1) is 23.9. The molecule has 0 aliphatic carbocycles. The van der Waals surface area contributed by atoms with Crippen LogP contribution in [0.1, 0.15) is 39.9 Å². The lowest BCUT2D eigenvalue weighted by atomic mass is 9.84. The van der Waals surface area contributed by atoms with Crippen LogP contribution in [0.3, 0.4) is 0 Å². The van der Waals surface area contributed by atoms with Gasteiger partial charge in [0.05, 0.1) is 5.60 Å². The molecular weight excluding hydrogens is 492 g/mol. The minimum Gasteiger partial charge on any atom is -0.385 e. The van der Waals surface area contributed by atoms with Gasteiger partial charge in [0.15, 0.2) is 0 Å². The Morgan fingerprint density at radius 1 is 0.941 bits per heavy atom. The number of hydrogen-bond acceptors (Lipinski definition) is 3. The zero-order valence-corrected chi connectivity index (χ0v) is 20.6. The van der Waals surface area contributed by atoms with Crippen molar-refractivity contribution in [1.29, 1.82) is 0 Å². The highest BCUT2D eigenvalue weighted by molar-refractivity contribution is 9.10. The van der Waals surface area contributed by atoms with E-state index in [0.717, 1.165) is 21.2 Å². The van der Waals surface area contributed by atoms with E-state index in [2.05, 4.69) is 21.2 Å². The van der Waals surface area contributed by atoms with Gasteiger partial charge in [0.25, 0.3) is 11.8 Å². The first-order chi connectivity index (χ1) is 16.3. The van der Waals surface area contributed by atoms with Gasteiger partial charge < -0.3 is 15.3 Å². The van der Waals surface area contributed by atoms with Gasteiger partial charge in [0.2, 0.25) is 0 Å². The third-order valence-corrected chi connectivity index (χ3v) is 6.69. The summed E-state index contributed by atoms with van der Waals surface area (Å²) in [4.78, 5) is 28.0. The lowest BCUT2D eigenvalue weighted by Gasteiger charge is -2.38. The summed E-state index contributed by atoms with van der Waals surface area (Å²) in [6.45, 7) is 2.77. The van der Waals surface area contributed by atoms with Crippen molar-refractivity contribution in [2.45, 2.75) is 25.4 Å². The molecule has 6 heteroatoms. The summed E-state index contributed by atoms with van der Waals surface area (Å²) in [5.41, 5.74) is 2.49. The highest BCUT2D eigenvalue weighted by Gasteiger charge is 2.36. The summed E-state index contributed by atoms with van der Waals surface area (Å²) in [5, 5.41) is 14.0. The standard InChI is InChI=1S/C28H27BrN2O3/c1-20-7-9-21(10-8-20)19-25(30-26(32)22-5-3-2-4-6-22)27(33)31-17-15-28(34,16-18-31)23-11-13-24(29)14-12-23/h2-14,19,34H,15-18H2,1H3,(H,30,32)/b25-19-. The minimum atomic E-state index is -0.981. The Morgan fingerprint density at radius 3 is 2.18 bits per heavy atom. The molecule has 0 aromatic heterocycles. The molecule has 0 radical (unpaired) electrons. The van der Waals surface area contributed by atoms with Gasteiger partial charge in [0, 0.05) is 23.1 Å². The van der Waals surface area contributed by atoms with E-state index in [1.807, 2.05) is 61.5 Å². The number of piperidine rings is 1. The molecule has 0 saturated carbocycles. The summed E-state index contributed by atoms with van der Waals surface area (Å²) in [7, 11) is 0. The molecule has 1 fully saturated rings. The van der Waals surface area contributed by atoms with Crippen LogP contribution in [0.25, 0.3) is 6.08 Å². The number of benzene rings is 3. The van der Waals surface area contributed by atoms with Crippen LogP contribution >= 0.6 is 15.9 Å². The Balaban J connectivity index is 1.54. The Kier molecular flexibility index (Phi) is 7.29. The Labute approximate surface area is 208 Å². The first-order valence-electron chi connectivity index (χ1n) is 11.3. The zero-order valence-electron chi connectivity index (χ0n) is 19.0. The van der Waals surface area contributed by atoms with Gasteiger partial charge in [-0.2, -0.15) is 0 Å². The lowest BCUT2D eigenvalue weighted by molar-refractivity contribution is -0.131. The molecule has 0 atom stereocenters. The second kappa shape index (κ2) is 10.4. The molecule has 0 bridgehead atoms. The molecule has 0 spiro atoms. The number of rotatable bonds is 5. The smallest absolute Gasteiger partial charge is 0.270 e. The third kappa shape index (κ3) is 5.64. The van der Waals surface area contributed by atoms with Gasteiger partial charge in [-0.05, 0) is 61.2 Å². The molecule has 1 heterocycles. The summed E-state index contributed by atoms with van der Waals surface area (Å²) < 4.78 is 0.951. The van der Waals surface area contributed by atoms with E-state index in [0.29, 0.717) is 31.5 Å². The molecule has 0 unspecified atom stereocenters. The normalized spacial score (nSPS) is 15.6. The van der Waals surface area contributed by atoms with E-state index < -0.39 is 5.60 Å². The molecule has 1 aliphatic rings. The van der Waals surface area contributed by atoms with E-state index in [1.54, 1.807) is 35.2 Å². The highest BCUT2D eigenvalue weighted by Crippen LogP contribution is 2.33. The van der Waals surface area contributed by atoms with Crippen molar-refractivity contribution in [3.05, 3.63) is 111 Å². The number of nitrogens with one attached hydrogen (secondary N) is 1. The predicted molar refractivity (Wildman–Crippen MR) is 137 cm³/mol. The van der Waals surface area contributed by atoms with Gasteiger partial charge in [-0.3, -0.25) is 9.59 Å². The Morgan fingerprint density at radius 2 is 1.56 bits per heavy atom. The third-order valence-electron chi connectivity index (χ3n) is 6.16. The maximum Gasteiger partial charge on any atom is 0.270 e. The van der Waals surface area contributed by atoms with Gasteiger partial charge >= 0.3 is 0 Å². The number of aryl methyl sites for hydroxylation is 1. The first-order valence-corrected chi connectivity index (χ1v) is 12.1. The van der Waals surface area contributed by atoms with Gasteiger partial charge in [-0.15, -0.1) is 0 Å². The van der Waals surface area contributed by atoms with Crippen LogP contribution in [-0.4, -0.2) is 34.9 Å². The zero-order chi connectivity index (χ0) is 24.1. The number of halogens is 1. The van der Waals surface area contributed by atoms with Crippen LogP contribution in [0.15, 0.2) is 89.0 Å². The summed E-state index contributed by atoms with van der Waals surface area (Å²) in [6.07, 6.45) is 2.55. The van der Waals surface area contributed by atoms with Gasteiger partial charge in [0.1, 0.15) is 5.70 Å². The topological polar surface area (TPSA) is 69.6 Å². The van der Waals surface area contributed by atoms with Crippen LogP contribution in [0.4, 0.5) is 0 Å². The number of aliphatic hydroxyl groups is 1. The highest BCUT2D eigenvalue weighted by atomic mass is 79.9. The monoisotopic (exact) mass is 518 g/mol. The van der Waals surface area contributed by atoms with Crippen LogP contribution in [0.2, 0.25) is 0 Å². The predicted octanol–water partition coefficient (Wildman–Crippen LogP) is 5.04. The van der Waals surface area contributed by atoms with Crippen LogP contribution in [0, 0.1) is 6.92 Å². The summed E-state index contributed by atoms with van der Waals surface area (Å²) in [5.74, 6) is -0.599. The fourth-order valence-corrected chi connectivity index (χ4v) is 4.33. The van der Waals surface area contributed by atoms with Gasteiger partial charge in [-0.1, -0.05) is 76.1 Å². The quantitative estimate of drug-likeness (QED) is 0.465. The maximum atomic E-state index is 13.5. The number of amides is 2. The van der Waals surface area contributed by atoms with Crippen molar-refractivity contribution in [2.24, 2.45) is 0 Å². The van der Waals surface area contributed by atoms with Crippen molar-refractivity contribution in [3.8, 4) is 0 Å². The average molecular weight is 519 g/mol. The van der Waals surface area contributed by atoms with Crippen molar-refractivity contribution in [1.82, 2.24) is 10.2 Å². The SMILES string of the molecule is Cc1ccc(/C=C(\NC(=O)c2ccccc2)C(=O)N2CCC(O)(c3ccc(Br)cc3)CC2)cc1. The second-order valence-electron chi connectivity index (χ2n) is 8.62. The second-order valence-corrected chi connectivity index (χ2v) is 9.54. The number of likely N-dealkylation sites (tertiary alicyclic amines) is 1. The number of hydrogen-bond donors (Lipinski definition) is 2. The van der Waals surface area contributed by atoms with Gasteiger partial charge in [-0.25, -0.2) is 0 Å².